The van der Waals surface area contributed by atoms with Crippen LogP contribution in [0.25, 0.3) is 21.7 Å². The number of amides is 1. The van der Waals surface area contributed by atoms with E-state index in [1.165, 1.54) is 10.3 Å². The topological polar surface area (TPSA) is 67.3 Å². The molecular formula is C23H21N3O3. The average molecular weight is 387 g/mol. The third kappa shape index (κ3) is 2.71. The van der Waals surface area contributed by atoms with Crippen molar-refractivity contribution >= 4 is 27.6 Å². The van der Waals surface area contributed by atoms with Gasteiger partial charge in [-0.25, -0.2) is 0 Å². The lowest BCUT2D eigenvalue weighted by atomic mass is 10.0. The van der Waals surface area contributed by atoms with E-state index in [1.807, 2.05) is 41.3 Å². The molecule has 6 heteroatoms. The third-order valence-electron chi connectivity index (χ3n) is 5.79. The minimum atomic E-state index is -0.0956. The van der Waals surface area contributed by atoms with Crippen LogP contribution in [0.2, 0.25) is 0 Å². The van der Waals surface area contributed by atoms with Crippen molar-refractivity contribution in [3.8, 4) is 5.75 Å². The number of nitrogens with one attached hydrogen (secondary N) is 1. The standard InChI is InChI=1S/C23H21N3O3/c1-25-12-19(15-5-3-4-6-16(15)22(25)27)23(28)26-10-9-21-18(13-26)17-11-14(29-2)7-8-20(17)24-21/h3-8,11-12,24H,9-10,13H2,1-2H3. The second-order valence-corrected chi connectivity index (χ2v) is 7.47. The van der Waals surface area contributed by atoms with E-state index >= 15 is 0 Å². The first-order valence-electron chi connectivity index (χ1n) is 9.62. The Bertz CT molecular complexity index is 1330. The Morgan fingerprint density at radius 2 is 1.90 bits per heavy atom. The van der Waals surface area contributed by atoms with Crippen LogP contribution in [0.4, 0.5) is 0 Å². The zero-order valence-electron chi connectivity index (χ0n) is 16.4. The number of rotatable bonds is 2. The molecule has 0 radical (unpaired) electrons. The highest BCUT2D eigenvalue weighted by Crippen LogP contribution is 2.31. The number of hydrogen-bond donors (Lipinski definition) is 1. The van der Waals surface area contributed by atoms with Gasteiger partial charge in [0.05, 0.1) is 12.7 Å². The number of carbonyl (C=O) groups excluding carboxylic acids is 1. The Labute approximate surface area is 167 Å². The molecule has 0 atom stereocenters. The molecule has 4 aromatic rings. The summed E-state index contributed by atoms with van der Waals surface area (Å²) in [6.07, 6.45) is 2.42. The molecule has 29 heavy (non-hydrogen) atoms. The summed E-state index contributed by atoms with van der Waals surface area (Å²) in [6, 6.07) is 13.3. The molecule has 2 aromatic heterocycles. The molecule has 1 amide bonds. The molecule has 0 saturated carbocycles. The molecule has 1 aliphatic heterocycles. The van der Waals surface area contributed by atoms with Crippen molar-refractivity contribution in [2.45, 2.75) is 13.0 Å². The molecule has 1 N–H and O–H groups in total. The van der Waals surface area contributed by atoms with Crippen LogP contribution >= 0.6 is 0 Å². The van der Waals surface area contributed by atoms with Crippen molar-refractivity contribution < 1.29 is 9.53 Å². The number of carbonyl (C=O) groups is 1. The lowest BCUT2D eigenvalue weighted by Crippen LogP contribution is -2.36. The zero-order valence-corrected chi connectivity index (χ0v) is 16.4. The SMILES string of the molecule is COc1ccc2[nH]c3c(c2c1)CN(C(=O)c1cn(C)c(=O)c2ccccc12)CC3. The number of ether oxygens (including phenoxy) is 1. The molecule has 0 bridgehead atoms. The Hall–Kier alpha value is -3.54. The fourth-order valence-corrected chi connectivity index (χ4v) is 4.25. The van der Waals surface area contributed by atoms with E-state index in [0.29, 0.717) is 29.4 Å². The maximum absolute atomic E-state index is 13.4. The molecule has 3 heterocycles. The fourth-order valence-electron chi connectivity index (χ4n) is 4.25. The fraction of sp³-hybridized carbons (Fsp3) is 0.217. The first kappa shape index (κ1) is 17.6. The van der Waals surface area contributed by atoms with Crippen LogP contribution < -0.4 is 10.3 Å². The second kappa shape index (κ2) is 6.51. The van der Waals surface area contributed by atoms with Crippen molar-refractivity contribution in [1.29, 1.82) is 0 Å². The first-order chi connectivity index (χ1) is 14.1. The van der Waals surface area contributed by atoms with Gasteiger partial charge in [-0.2, -0.15) is 0 Å². The molecule has 0 fully saturated rings. The van der Waals surface area contributed by atoms with E-state index in [2.05, 4.69) is 4.98 Å². The van der Waals surface area contributed by atoms with E-state index in [4.69, 9.17) is 4.74 Å². The molecule has 6 nitrogen and oxygen atoms in total. The van der Waals surface area contributed by atoms with Crippen LogP contribution in [-0.2, 0) is 20.0 Å². The molecule has 1 aliphatic rings. The summed E-state index contributed by atoms with van der Waals surface area (Å²) in [5.74, 6) is 0.742. The molecule has 5 rings (SSSR count). The number of aromatic amines is 1. The highest BCUT2D eigenvalue weighted by atomic mass is 16.5. The van der Waals surface area contributed by atoms with Gasteiger partial charge in [0.15, 0.2) is 0 Å². The number of fused-ring (bicyclic) bond motifs is 4. The largest absolute Gasteiger partial charge is 0.497 e. The van der Waals surface area contributed by atoms with Crippen molar-refractivity contribution in [3.63, 3.8) is 0 Å². The van der Waals surface area contributed by atoms with Crippen molar-refractivity contribution in [3.05, 3.63) is 75.8 Å². The van der Waals surface area contributed by atoms with Crippen LogP contribution in [0, 0.1) is 0 Å². The smallest absolute Gasteiger partial charge is 0.258 e. The highest BCUT2D eigenvalue weighted by Gasteiger charge is 2.26. The van der Waals surface area contributed by atoms with Crippen LogP contribution in [0.5, 0.6) is 5.75 Å². The van der Waals surface area contributed by atoms with Gasteiger partial charge in [0.25, 0.3) is 11.5 Å². The first-order valence-corrected chi connectivity index (χ1v) is 9.62. The molecule has 146 valence electrons. The predicted molar refractivity (Wildman–Crippen MR) is 112 cm³/mol. The lowest BCUT2D eigenvalue weighted by Gasteiger charge is -2.28. The third-order valence-corrected chi connectivity index (χ3v) is 5.79. The van der Waals surface area contributed by atoms with E-state index in [0.717, 1.165) is 28.6 Å². The Morgan fingerprint density at radius 3 is 2.69 bits per heavy atom. The molecule has 0 aliphatic carbocycles. The Morgan fingerprint density at radius 1 is 1.10 bits per heavy atom. The van der Waals surface area contributed by atoms with Crippen LogP contribution in [0.1, 0.15) is 21.6 Å². The number of aromatic nitrogens is 2. The van der Waals surface area contributed by atoms with E-state index in [9.17, 15) is 9.59 Å². The number of nitrogens with zero attached hydrogens (tertiary/aromatic N) is 2. The zero-order chi connectivity index (χ0) is 20.1. The molecule has 0 unspecified atom stereocenters. The van der Waals surface area contributed by atoms with Crippen molar-refractivity contribution in [2.75, 3.05) is 13.7 Å². The normalized spacial score (nSPS) is 13.7. The number of aryl methyl sites for hydroxylation is 1. The number of hydrogen-bond acceptors (Lipinski definition) is 3. The van der Waals surface area contributed by atoms with Crippen LogP contribution in [-0.4, -0.2) is 34.0 Å². The van der Waals surface area contributed by atoms with Gasteiger partial charge in [0.1, 0.15) is 5.75 Å². The van der Waals surface area contributed by atoms with Crippen LogP contribution in [0.3, 0.4) is 0 Å². The summed E-state index contributed by atoms with van der Waals surface area (Å²) in [4.78, 5) is 31.2. The lowest BCUT2D eigenvalue weighted by molar-refractivity contribution is 0.0736. The number of pyridine rings is 1. The van der Waals surface area contributed by atoms with Gasteiger partial charge in [-0.1, -0.05) is 18.2 Å². The Kier molecular flexibility index (Phi) is 3.94. The van der Waals surface area contributed by atoms with Crippen molar-refractivity contribution in [1.82, 2.24) is 14.5 Å². The predicted octanol–water partition coefficient (Wildman–Crippen LogP) is 3.23. The number of H-pyrrole nitrogens is 1. The number of methoxy groups -OCH3 is 1. The summed E-state index contributed by atoms with van der Waals surface area (Å²) in [5, 5.41) is 2.35. The summed E-state index contributed by atoms with van der Waals surface area (Å²) in [5.41, 5.74) is 3.82. The van der Waals surface area contributed by atoms with Gasteiger partial charge in [-0.05, 0) is 24.3 Å². The van der Waals surface area contributed by atoms with Gasteiger partial charge < -0.3 is 19.2 Å². The molecule has 2 aromatic carbocycles. The van der Waals surface area contributed by atoms with Crippen LogP contribution in [0.15, 0.2) is 53.5 Å². The van der Waals surface area contributed by atoms with Gasteiger partial charge in [-0.15, -0.1) is 0 Å². The summed E-state index contributed by atoms with van der Waals surface area (Å²) >= 11 is 0. The van der Waals surface area contributed by atoms with E-state index < -0.39 is 0 Å². The quantitative estimate of drug-likeness (QED) is 0.574. The molecular weight excluding hydrogens is 366 g/mol. The van der Waals surface area contributed by atoms with Gasteiger partial charge in [0.2, 0.25) is 0 Å². The molecule has 0 spiro atoms. The summed E-state index contributed by atoms with van der Waals surface area (Å²) in [6.45, 7) is 1.16. The van der Waals surface area contributed by atoms with Gasteiger partial charge in [0, 0.05) is 65.7 Å². The number of benzene rings is 2. The Balaban J connectivity index is 1.57. The summed E-state index contributed by atoms with van der Waals surface area (Å²) < 4.78 is 6.86. The average Bonchev–Trinajstić information content (AvgIpc) is 3.12. The minimum Gasteiger partial charge on any atom is -0.497 e. The van der Waals surface area contributed by atoms with E-state index in [-0.39, 0.29) is 11.5 Å². The maximum atomic E-state index is 13.4. The summed E-state index contributed by atoms with van der Waals surface area (Å²) in [7, 11) is 3.34. The van der Waals surface area contributed by atoms with Crippen molar-refractivity contribution in [2.24, 2.45) is 7.05 Å². The van der Waals surface area contributed by atoms with E-state index in [1.54, 1.807) is 26.4 Å². The second-order valence-electron chi connectivity index (χ2n) is 7.47. The molecule has 0 saturated heterocycles. The maximum Gasteiger partial charge on any atom is 0.258 e. The van der Waals surface area contributed by atoms with Gasteiger partial charge >= 0.3 is 0 Å². The van der Waals surface area contributed by atoms with Gasteiger partial charge in [-0.3, -0.25) is 9.59 Å². The minimum absolute atomic E-state index is 0.0558. The highest BCUT2D eigenvalue weighted by molar-refractivity contribution is 6.06. The monoisotopic (exact) mass is 387 g/mol.